The molecule has 0 bridgehead atoms. The van der Waals surface area contributed by atoms with Gasteiger partial charge in [0, 0.05) is 38.4 Å². The van der Waals surface area contributed by atoms with Gasteiger partial charge in [0.25, 0.3) is 5.91 Å². The first-order valence-electron chi connectivity index (χ1n) is 7.47. The summed E-state index contributed by atoms with van der Waals surface area (Å²) in [5.74, 6) is -0.221. The van der Waals surface area contributed by atoms with Crippen molar-refractivity contribution in [3.05, 3.63) is 30.1 Å². The van der Waals surface area contributed by atoms with Crippen molar-refractivity contribution in [1.82, 2.24) is 14.2 Å². The van der Waals surface area contributed by atoms with Crippen molar-refractivity contribution in [2.45, 2.75) is 18.9 Å². The first-order valence-corrected chi connectivity index (χ1v) is 9.32. The van der Waals surface area contributed by atoms with Crippen LogP contribution in [0.25, 0.3) is 0 Å². The predicted molar refractivity (Wildman–Crippen MR) is 86.4 cm³/mol. The van der Waals surface area contributed by atoms with E-state index in [0.29, 0.717) is 13.0 Å². The standard InChI is InChI=1S/C15H23N3O4S/c1-15(12-18(10-11-22-15)23(3,20)21)14(19)17(2)9-7-13-6-4-5-8-16-13/h4-6,8H,7,9-12H2,1-3H3/t15-/m0/s1. The summed E-state index contributed by atoms with van der Waals surface area (Å²) in [4.78, 5) is 18.5. The van der Waals surface area contributed by atoms with Crippen molar-refractivity contribution in [2.75, 3.05) is 39.5 Å². The zero-order chi connectivity index (χ0) is 17.1. The Hall–Kier alpha value is -1.51. The Balaban J connectivity index is 2.00. The highest BCUT2D eigenvalue weighted by Gasteiger charge is 2.43. The third kappa shape index (κ3) is 4.49. The SMILES string of the molecule is CN(CCc1ccccn1)C(=O)[C@]1(C)CN(S(C)(=O)=O)CCO1. The second-order valence-corrected chi connectivity index (χ2v) is 7.96. The van der Waals surface area contributed by atoms with E-state index in [1.54, 1.807) is 25.1 Å². The zero-order valence-corrected chi connectivity index (χ0v) is 14.5. The summed E-state index contributed by atoms with van der Waals surface area (Å²) in [6, 6.07) is 5.65. The van der Waals surface area contributed by atoms with Gasteiger partial charge in [0.15, 0.2) is 5.60 Å². The minimum atomic E-state index is -3.34. The molecule has 0 aliphatic carbocycles. The van der Waals surface area contributed by atoms with Crippen molar-refractivity contribution < 1.29 is 17.9 Å². The number of morpholine rings is 1. The first kappa shape index (κ1) is 17.8. The van der Waals surface area contributed by atoms with E-state index in [4.69, 9.17) is 4.74 Å². The van der Waals surface area contributed by atoms with E-state index >= 15 is 0 Å². The average molecular weight is 341 g/mol. The lowest BCUT2D eigenvalue weighted by molar-refractivity contribution is -0.162. The van der Waals surface area contributed by atoms with E-state index in [9.17, 15) is 13.2 Å². The minimum Gasteiger partial charge on any atom is -0.363 e. The van der Waals surface area contributed by atoms with Crippen LogP contribution in [0.5, 0.6) is 0 Å². The van der Waals surface area contributed by atoms with E-state index < -0.39 is 15.6 Å². The molecule has 1 aliphatic heterocycles. The Morgan fingerprint density at radius 2 is 2.22 bits per heavy atom. The Bertz CT molecular complexity index is 650. The van der Waals surface area contributed by atoms with Crippen LogP contribution in [0.4, 0.5) is 0 Å². The summed E-state index contributed by atoms with van der Waals surface area (Å²) in [7, 11) is -1.65. The Morgan fingerprint density at radius 3 is 2.83 bits per heavy atom. The van der Waals surface area contributed by atoms with Crippen molar-refractivity contribution in [2.24, 2.45) is 0 Å². The molecule has 1 aromatic heterocycles. The van der Waals surface area contributed by atoms with Gasteiger partial charge in [0.05, 0.1) is 19.4 Å². The summed E-state index contributed by atoms with van der Waals surface area (Å²) >= 11 is 0. The molecule has 1 atom stereocenters. The van der Waals surface area contributed by atoms with Crippen LogP contribution >= 0.6 is 0 Å². The van der Waals surface area contributed by atoms with Gasteiger partial charge in [-0.1, -0.05) is 6.07 Å². The van der Waals surface area contributed by atoms with Gasteiger partial charge in [-0.2, -0.15) is 4.31 Å². The number of nitrogens with zero attached hydrogens (tertiary/aromatic N) is 3. The third-order valence-electron chi connectivity index (χ3n) is 3.94. The van der Waals surface area contributed by atoms with E-state index in [1.807, 2.05) is 18.2 Å². The number of ether oxygens (including phenoxy) is 1. The number of likely N-dealkylation sites (N-methyl/N-ethyl adjacent to an activating group) is 1. The lowest BCUT2D eigenvalue weighted by Gasteiger charge is -2.40. The van der Waals surface area contributed by atoms with Gasteiger partial charge in [-0.15, -0.1) is 0 Å². The number of amides is 1. The molecule has 0 N–H and O–H groups in total. The topological polar surface area (TPSA) is 79.8 Å². The first-order chi connectivity index (χ1) is 10.7. The van der Waals surface area contributed by atoms with Crippen molar-refractivity contribution in [3.8, 4) is 0 Å². The van der Waals surface area contributed by atoms with E-state index in [0.717, 1.165) is 11.9 Å². The maximum absolute atomic E-state index is 12.7. The number of carbonyl (C=O) groups is 1. The highest BCUT2D eigenvalue weighted by Crippen LogP contribution is 2.22. The number of hydrogen-bond donors (Lipinski definition) is 0. The number of pyridine rings is 1. The monoisotopic (exact) mass is 341 g/mol. The van der Waals surface area contributed by atoms with E-state index in [-0.39, 0.29) is 25.6 Å². The van der Waals surface area contributed by atoms with E-state index in [2.05, 4.69) is 4.98 Å². The second-order valence-electron chi connectivity index (χ2n) is 5.97. The molecular formula is C15H23N3O4S. The summed E-state index contributed by atoms with van der Waals surface area (Å²) in [6.07, 6.45) is 3.50. The molecule has 2 heterocycles. The number of carbonyl (C=O) groups excluding carboxylic acids is 1. The van der Waals surface area contributed by atoms with Gasteiger partial charge >= 0.3 is 0 Å². The molecule has 0 unspecified atom stereocenters. The molecule has 128 valence electrons. The van der Waals surface area contributed by atoms with Crippen molar-refractivity contribution in [1.29, 1.82) is 0 Å². The van der Waals surface area contributed by atoms with Gasteiger partial charge < -0.3 is 9.64 Å². The molecule has 23 heavy (non-hydrogen) atoms. The highest BCUT2D eigenvalue weighted by atomic mass is 32.2. The van der Waals surface area contributed by atoms with E-state index in [1.165, 1.54) is 4.31 Å². The Morgan fingerprint density at radius 1 is 1.48 bits per heavy atom. The molecule has 1 fully saturated rings. The normalized spacial score (nSPS) is 22.7. The van der Waals surface area contributed by atoms with Crippen LogP contribution in [-0.4, -0.2) is 73.7 Å². The van der Waals surface area contributed by atoms with Crippen molar-refractivity contribution in [3.63, 3.8) is 0 Å². The van der Waals surface area contributed by atoms with Crippen LogP contribution in [0.2, 0.25) is 0 Å². The molecule has 0 saturated carbocycles. The predicted octanol–water partition coefficient (Wildman–Crippen LogP) is 0.133. The van der Waals surface area contributed by atoms with Crippen LogP contribution < -0.4 is 0 Å². The van der Waals surface area contributed by atoms with Crippen LogP contribution in [0.3, 0.4) is 0 Å². The molecule has 0 radical (unpaired) electrons. The van der Waals surface area contributed by atoms with Gasteiger partial charge in [-0.3, -0.25) is 9.78 Å². The molecule has 1 aliphatic rings. The quantitative estimate of drug-likeness (QED) is 0.761. The van der Waals surface area contributed by atoms with Gasteiger partial charge in [-0.05, 0) is 19.1 Å². The fraction of sp³-hybridized carbons (Fsp3) is 0.600. The number of hydrogen-bond acceptors (Lipinski definition) is 5. The Labute approximate surface area is 137 Å². The molecule has 2 rings (SSSR count). The summed E-state index contributed by atoms with van der Waals surface area (Å²) in [6.45, 7) is 2.67. The third-order valence-corrected chi connectivity index (χ3v) is 5.19. The average Bonchev–Trinajstić information content (AvgIpc) is 2.52. The molecule has 1 amide bonds. The van der Waals surface area contributed by atoms with Crippen LogP contribution in [0.15, 0.2) is 24.4 Å². The number of sulfonamides is 1. The number of rotatable bonds is 5. The lowest BCUT2D eigenvalue weighted by atomic mass is 10.0. The fourth-order valence-corrected chi connectivity index (χ4v) is 3.47. The summed E-state index contributed by atoms with van der Waals surface area (Å²) in [5, 5.41) is 0. The van der Waals surface area contributed by atoms with Gasteiger partial charge in [0.2, 0.25) is 10.0 Å². The molecule has 7 nitrogen and oxygen atoms in total. The molecule has 8 heteroatoms. The molecule has 1 saturated heterocycles. The molecule has 0 spiro atoms. The van der Waals surface area contributed by atoms with Crippen LogP contribution in [0.1, 0.15) is 12.6 Å². The minimum absolute atomic E-state index is 0.0403. The van der Waals surface area contributed by atoms with Crippen LogP contribution in [-0.2, 0) is 26.0 Å². The maximum Gasteiger partial charge on any atom is 0.255 e. The van der Waals surface area contributed by atoms with Crippen molar-refractivity contribution >= 4 is 15.9 Å². The summed E-state index contributed by atoms with van der Waals surface area (Å²) in [5.41, 5.74) is -0.250. The highest BCUT2D eigenvalue weighted by molar-refractivity contribution is 7.88. The molecule has 0 aromatic carbocycles. The maximum atomic E-state index is 12.7. The summed E-state index contributed by atoms with van der Waals surface area (Å²) < 4.78 is 30.3. The van der Waals surface area contributed by atoms with Gasteiger partial charge in [-0.25, -0.2) is 8.42 Å². The smallest absolute Gasteiger partial charge is 0.255 e. The lowest BCUT2D eigenvalue weighted by Crippen LogP contribution is -2.59. The van der Waals surface area contributed by atoms with Crippen LogP contribution in [0, 0.1) is 0 Å². The second kappa shape index (κ2) is 6.94. The Kier molecular flexibility index (Phi) is 5.38. The largest absolute Gasteiger partial charge is 0.363 e. The molecular weight excluding hydrogens is 318 g/mol. The van der Waals surface area contributed by atoms with Gasteiger partial charge in [0.1, 0.15) is 0 Å². The molecule has 1 aromatic rings. The fourth-order valence-electron chi connectivity index (χ4n) is 2.58. The number of aromatic nitrogens is 1. The zero-order valence-electron chi connectivity index (χ0n) is 13.7.